The highest BCUT2D eigenvalue weighted by Crippen LogP contribution is 2.39. The third-order valence-electron chi connectivity index (χ3n) is 4.42. The van der Waals surface area contributed by atoms with E-state index < -0.39 is 18.4 Å². The van der Waals surface area contributed by atoms with Gasteiger partial charge in [0.25, 0.3) is 5.91 Å². The summed E-state index contributed by atoms with van der Waals surface area (Å²) in [5.41, 5.74) is 0.610. The van der Waals surface area contributed by atoms with Crippen LogP contribution in [0.1, 0.15) is 51.0 Å². The number of ether oxygens (including phenoxy) is 2. The first kappa shape index (κ1) is 25.4. The molecule has 1 N–H and O–H groups in total. The fraction of sp³-hybridized carbons (Fsp3) is 0.429. The number of aliphatic carboxylic acids is 1. The number of carbonyl (C=O) groups is 3. The molecule has 1 fully saturated rings. The molecule has 2 rings (SSSR count). The average Bonchev–Trinajstić information content (AvgIpc) is 2.96. The highest BCUT2D eigenvalue weighted by Gasteiger charge is 2.33. The lowest BCUT2D eigenvalue weighted by atomic mass is 10.1. The maximum Gasteiger partial charge on any atom is 0.323 e. The summed E-state index contributed by atoms with van der Waals surface area (Å²) < 4.78 is 11.6. The van der Waals surface area contributed by atoms with Crippen molar-refractivity contribution in [2.45, 2.75) is 45.4 Å². The van der Waals surface area contributed by atoms with Crippen LogP contribution < -0.4 is 9.47 Å². The lowest BCUT2D eigenvalue weighted by Gasteiger charge is -2.12. The van der Waals surface area contributed by atoms with Crippen molar-refractivity contribution >= 4 is 68.2 Å². The van der Waals surface area contributed by atoms with Gasteiger partial charge in [0.2, 0.25) is 0 Å². The van der Waals surface area contributed by atoms with Crippen LogP contribution in [0.5, 0.6) is 11.5 Å². The van der Waals surface area contributed by atoms with Crippen LogP contribution in [0.15, 0.2) is 21.5 Å². The summed E-state index contributed by atoms with van der Waals surface area (Å²) in [5.74, 6) is -1.33. The van der Waals surface area contributed by atoms with Gasteiger partial charge >= 0.3 is 11.9 Å². The van der Waals surface area contributed by atoms with E-state index in [0.717, 1.165) is 48.8 Å². The monoisotopic (exact) mass is 529 g/mol. The van der Waals surface area contributed by atoms with Crippen LogP contribution in [-0.2, 0) is 14.4 Å². The molecule has 0 aromatic heterocycles. The molecule has 31 heavy (non-hydrogen) atoms. The van der Waals surface area contributed by atoms with Crippen LogP contribution in [0.2, 0.25) is 0 Å². The Morgan fingerprint density at radius 1 is 1.26 bits per heavy atom. The van der Waals surface area contributed by atoms with Crippen molar-refractivity contribution in [3.8, 4) is 11.5 Å². The van der Waals surface area contributed by atoms with Crippen LogP contribution in [0.3, 0.4) is 0 Å². The van der Waals surface area contributed by atoms with Gasteiger partial charge in [-0.2, -0.15) is 0 Å². The number of hydrogen-bond acceptors (Lipinski definition) is 7. The second-order valence-electron chi connectivity index (χ2n) is 6.83. The molecule has 1 heterocycles. The molecular formula is C21H24BrNO6S2. The Labute approximate surface area is 199 Å². The minimum Gasteiger partial charge on any atom is -0.493 e. The van der Waals surface area contributed by atoms with E-state index >= 15 is 0 Å². The molecule has 0 saturated carbocycles. The molecule has 0 spiro atoms. The van der Waals surface area contributed by atoms with E-state index in [1.54, 1.807) is 18.2 Å². The molecule has 0 atom stereocenters. The second-order valence-corrected chi connectivity index (χ2v) is 9.36. The largest absolute Gasteiger partial charge is 0.493 e. The molecule has 1 aliphatic rings. The minimum absolute atomic E-state index is 0.189. The average molecular weight is 530 g/mol. The van der Waals surface area contributed by atoms with Gasteiger partial charge in [0, 0.05) is 6.42 Å². The van der Waals surface area contributed by atoms with Crippen LogP contribution >= 0.6 is 39.9 Å². The summed E-state index contributed by atoms with van der Waals surface area (Å²) in [6, 6.07) is 3.33. The zero-order chi connectivity index (χ0) is 23.0. The Morgan fingerprint density at radius 2 is 1.97 bits per heavy atom. The molecule has 0 bridgehead atoms. The van der Waals surface area contributed by atoms with Gasteiger partial charge in [-0.3, -0.25) is 19.3 Å². The van der Waals surface area contributed by atoms with Crippen molar-refractivity contribution in [3.63, 3.8) is 0 Å². The number of rotatable bonds is 11. The second kappa shape index (κ2) is 12.2. The molecule has 0 unspecified atom stereocenters. The number of nitrogens with zero attached hydrogens (tertiary/aromatic N) is 1. The van der Waals surface area contributed by atoms with E-state index in [4.69, 9.17) is 26.8 Å². The third-order valence-corrected chi connectivity index (χ3v) is 6.38. The SMILES string of the molecule is CCCCCCCC(=O)Oc1c(Br)cc(/C=C2\SC(=S)N(CC(=O)O)C2=O)cc1OC. The molecule has 7 nitrogen and oxygen atoms in total. The molecule has 10 heteroatoms. The number of methoxy groups -OCH3 is 1. The Bertz CT molecular complexity index is 902. The number of carboxylic acids is 1. The summed E-state index contributed by atoms with van der Waals surface area (Å²) in [6.45, 7) is 1.65. The number of esters is 1. The molecule has 1 amide bonds. The number of thiocarbonyl (C=S) groups is 1. The van der Waals surface area contributed by atoms with E-state index in [-0.39, 0.29) is 16.0 Å². The standard InChI is InChI=1S/C21H24BrNO6S2/c1-3-4-5-6-7-8-18(26)29-19-14(22)9-13(10-15(19)28-2)11-16-20(27)23(12-17(24)25)21(30)31-16/h9-11H,3-8,12H2,1-2H3,(H,24,25)/b16-11-. The van der Waals surface area contributed by atoms with Gasteiger partial charge in [0.1, 0.15) is 10.9 Å². The Kier molecular flexibility index (Phi) is 9.98. The van der Waals surface area contributed by atoms with Gasteiger partial charge in [-0.1, -0.05) is 56.6 Å². The number of amides is 1. The van der Waals surface area contributed by atoms with E-state index in [2.05, 4.69) is 22.9 Å². The van der Waals surface area contributed by atoms with Crippen molar-refractivity contribution in [2.24, 2.45) is 0 Å². The first-order valence-electron chi connectivity index (χ1n) is 9.82. The first-order valence-corrected chi connectivity index (χ1v) is 11.8. The molecule has 168 valence electrons. The van der Waals surface area contributed by atoms with E-state index in [9.17, 15) is 14.4 Å². The molecule has 0 aliphatic carbocycles. The van der Waals surface area contributed by atoms with Gasteiger partial charge < -0.3 is 14.6 Å². The van der Waals surface area contributed by atoms with E-state index in [1.165, 1.54) is 7.11 Å². The summed E-state index contributed by atoms with van der Waals surface area (Å²) in [4.78, 5) is 36.9. The van der Waals surface area contributed by atoms with Gasteiger partial charge in [0.15, 0.2) is 11.5 Å². The quantitative estimate of drug-likeness (QED) is 0.140. The Morgan fingerprint density at radius 3 is 2.61 bits per heavy atom. The number of carboxylic acid groups (broad SMARTS) is 1. The topological polar surface area (TPSA) is 93.1 Å². The number of halogens is 1. The first-order chi connectivity index (χ1) is 14.8. The summed E-state index contributed by atoms with van der Waals surface area (Å²) in [5, 5.41) is 8.94. The molecule has 0 radical (unpaired) electrons. The molecule has 1 aromatic carbocycles. The number of thioether (sulfide) groups is 1. The predicted octanol–water partition coefficient (Wildman–Crippen LogP) is 5.01. The summed E-state index contributed by atoms with van der Waals surface area (Å²) in [6.07, 6.45) is 7.08. The highest BCUT2D eigenvalue weighted by atomic mass is 79.9. The number of carbonyl (C=O) groups excluding carboxylic acids is 2. The van der Waals surface area contributed by atoms with Gasteiger partial charge in [0.05, 0.1) is 16.5 Å². The molecule has 1 aromatic rings. The summed E-state index contributed by atoms with van der Waals surface area (Å²) >= 11 is 9.53. The van der Waals surface area contributed by atoms with E-state index in [1.807, 2.05) is 0 Å². The summed E-state index contributed by atoms with van der Waals surface area (Å²) in [7, 11) is 1.46. The van der Waals surface area contributed by atoms with Crippen LogP contribution in [0.4, 0.5) is 0 Å². The fourth-order valence-electron chi connectivity index (χ4n) is 2.88. The molecular weight excluding hydrogens is 506 g/mol. The number of unbranched alkanes of at least 4 members (excludes halogenated alkanes) is 4. The normalized spacial score (nSPS) is 14.9. The minimum atomic E-state index is -1.14. The zero-order valence-electron chi connectivity index (χ0n) is 17.3. The lowest BCUT2D eigenvalue weighted by molar-refractivity contribution is -0.140. The maximum atomic E-state index is 12.4. The van der Waals surface area contributed by atoms with Crippen molar-refractivity contribution in [2.75, 3.05) is 13.7 Å². The third kappa shape index (κ3) is 7.33. The lowest BCUT2D eigenvalue weighted by Crippen LogP contribution is -2.33. The molecule has 1 aliphatic heterocycles. The van der Waals surface area contributed by atoms with Crippen molar-refractivity contribution in [1.82, 2.24) is 4.90 Å². The maximum absolute atomic E-state index is 12.4. The van der Waals surface area contributed by atoms with Gasteiger partial charge in [-0.15, -0.1) is 0 Å². The van der Waals surface area contributed by atoms with Crippen LogP contribution in [0.25, 0.3) is 6.08 Å². The van der Waals surface area contributed by atoms with Gasteiger partial charge in [-0.25, -0.2) is 0 Å². The van der Waals surface area contributed by atoms with E-state index in [0.29, 0.717) is 27.1 Å². The smallest absolute Gasteiger partial charge is 0.323 e. The van der Waals surface area contributed by atoms with Crippen LogP contribution in [0, 0.1) is 0 Å². The fourth-order valence-corrected chi connectivity index (χ4v) is 4.68. The van der Waals surface area contributed by atoms with Crippen LogP contribution in [-0.4, -0.2) is 45.8 Å². The predicted molar refractivity (Wildman–Crippen MR) is 127 cm³/mol. The number of hydrogen-bond donors (Lipinski definition) is 1. The van der Waals surface area contributed by atoms with Crippen molar-refractivity contribution in [3.05, 3.63) is 27.1 Å². The van der Waals surface area contributed by atoms with Crippen molar-refractivity contribution < 1.29 is 29.0 Å². The zero-order valence-corrected chi connectivity index (χ0v) is 20.5. The van der Waals surface area contributed by atoms with Crippen molar-refractivity contribution in [1.29, 1.82) is 0 Å². The van der Waals surface area contributed by atoms with Gasteiger partial charge in [-0.05, 0) is 46.1 Å². The molecule has 1 saturated heterocycles. The number of benzene rings is 1. The Balaban J connectivity index is 2.13. The highest BCUT2D eigenvalue weighted by molar-refractivity contribution is 9.10. The Hall–Kier alpha value is -1.91.